The van der Waals surface area contributed by atoms with E-state index in [1.807, 2.05) is 18.2 Å². The van der Waals surface area contributed by atoms with Gasteiger partial charge in [-0.15, -0.1) is 0 Å². The monoisotopic (exact) mass is 390 g/mol. The number of hydrogen-bond donors (Lipinski definition) is 1. The second kappa shape index (κ2) is 9.53. The maximum Gasteiger partial charge on any atom is 0.255 e. The minimum atomic E-state index is -3.29. The van der Waals surface area contributed by atoms with Crippen molar-refractivity contribution in [1.82, 2.24) is 4.90 Å². The highest BCUT2D eigenvalue weighted by molar-refractivity contribution is 7.90. The van der Waals surface area contributed by atoms with Gasteiger partial charge in [0.1, 0.15) is 12.4 Å². The third-order valence-corrected chi connectivity index (χ3v) is 5.37. The van der Waals surface area contributed by atoms with Crippen molar-refractivity contribution in [1.29, 1.82) is 0 Å². The van der Waals surface area contributed by atoms with E-state index in [0.29, 0.717) is 23.6 Å². The Morgan fingerprint density at radius 3 is 2.26 bits per heavy atom. The van der Waals surface area contributed by atoms with E-state index in [-0.39, 0.29) is 10.8 Å². The molecule has 27 heavy (non-hydrogen) atoms. The number of carbonyl (C=O) groups is 1. The summed E-state index contributed by atoms with van der Waals surface area (Å²) in [4.78, 5) is 14.9. The van der Waals surface area contributed by atoms with E-state index < -0.39 is 9.84 Å². The Balaban J connectivity index is 2.05. The first kappa shape index (κ1) is 20.9. The van der Waals surface area contributed by atoms with Crippen molar-refractivity contribution in [3.05, 3.63) is 54.1 Å². The smallest absolute Gasteiger partial charge is 0.255 e. The van der Waals surface area contributed by atoms with E-state index in [9.17, 15) is 13.2 Å². The van der Waals surface area contributed by atoms with Gasteiger partial charge in [0.05, 0.1) is 10.6 Å². The highest BCUT2D eigenvalue weighted by Crippen LogP contribution is 2.24. The van der Waals surface area contributed by atoms with E-state index >= 15 is 0 Å². The Bertz CT molecular complexity index is 860. The minimum Gasteiger partial charge on any atom is -0.490 e. The number of sulfone groups is 1. The van der Waals surface area contributed by atoms with Gasteiger partial charge in [0.2, 0.25) is 0 Å². The number of anilines is 1. The number of carbonyl (C=O) groups excluding carboxylic acids is 1. The molecule has 0 spiro atoms. The van der Waals surface area contributed by atoms with Gasteiger partial charge in [-0.1, -0.05) is 26.0 Å². The van der Waals surface area contributed by atoms with E-state index in [1.165, 1.54) is 24.3 Å². The van der Waals surface area contributed by atoms with Gasteiger partial charge in [-0.05, 0) is 49.5 Å². The summed E-state index contributed by atoms with van der Waals surface area (Å²) < 4.78 is 28.9. The number of para-hydroxylation sites is 2. The fraction of sp³-hybridized carbons (Fsp3) is 0.350. The van der Waals surface area contributed by atoms with Crippen LogP contribution in [0, 0.1) is 0 Å². The Morgan fingerprint density at radius 1 is 1.04 bits per heavy atom. The molecular weight excluding hydrogens is 364 g/mol. The van der Waals surface area contributed by atoms with Gasteiger partial charge in [0.25, 0.3) is 5.91 Å². The number of amides is 1. The summed E-state index contributed by atoms with van der Waals surface area (Å²) >= 11 is 0. The van der Waals surface area contributed by atoms with Gasteiger partial charge in [-0.3, -0.25) is 4.79 Å². The predicted molar refractivity (Wildman–Crippen MR) is 107 cm³/mol. The summed E-state index contributed by atoms with van der Waals surface area (Å²) in [5.41, 5.74) is 0.953. The van der Waals surface area contributed by atoms with Crippen LogP contribution < -0.4 is 10.1 Å². The minimum absolute atomic E-state index is 0.180. The Kier molecular flexibility index (Phi) is 7.38. The molecule has 0 aliphatic carbocycles. The Hall–Kier alpha value is -2.38. The molecule has 2 aromatic carbocycles. The maximum absolute atomic E-state index is 12.5. The lowest BCUT2D eigenvalue weighted by Gasteiger charge is -2.19. The second-order valence-corrected chi connectivity index (χ2v) is 8.14. The van der Waals surface area contributed by atoms with Crippen LogP contribution in [0.4, 0.5) is 5.69 Å². The number of benzene rings is 2. The van der Waals surface area contributed by atoms with E-state index in [4.69, 9.17) is 4.74 Å². The largest absolute Gasteiger partial charge is 0.490 e. The van der Waals surface area contributed by atoms with Crippen molar-refractivity contribution >= 4 is 21.4 Å². The topological polar surface area (TPSA) is 75.7 Å². The third kappa shape index (κ3) is 6.08. The third-order valence-electron chi connectivity index (χ3n) is 4.24. The van der Waals surface area contributed by atoms with Gasteiger partial charge in [0, 0.05) is 18.4 Å². The maximum atomic E-state index is 12.5. The standard InChI is InChI=1S/C20H26N2O4S/c1-4-22(5-2)14-15-26-19-9-7-6-8-18(19)21-20(23)16-10-12-17(13-11-16)27(3,24)25/h6-13H,4-5,14-15H2,1-3H3,(H,21,23). The summed E-state index contributed by atoms with van der Waals surface area (Å²) in [6.07, 6.45) is 1.13. The van der Waals surface area contributed by atoms with Crippen LogP contribution in [0.15, 0.2) is 53.4 Å². The molecule has 2 rings (SSSR count). The van der Waals surface area contributed by atoms with Crippen molar-refractivity contribution < 1.29 is 17.9 Å². The average Bonchev–Trinajstić information content (AvgIpc) is 2.66. The van der Waals surface area contributed by atoms with Gasteiger partial charge in [0.15, 0.2) is 9.84 Å². The first-order chi connectivity index (χ1) is 12.8. The van der Waals surface area contributed by atoms with Gasteiger partial charge in [-0.25, -0.2) is 8.42 Å². The molecule has 0 aromatic heterocycles. The number of rotatable bonds is 9. The molecule has 0 fully saturated rings. The molecule has 0 saturated carbocycles. The molecule has 0 saturated heterocycles. The van der Waals surface area contributed by atoms with Crippen LogP contribution >= 0.6 is 0 Å². The van der Waals surface area contributed by atoms with Crippen molar-refractivity contribution in [2.45, 2.75) is 18.7 Å². The first-order valence-electron chi connectivity index (χ1n) is 8.90. The molecule has 7 heteroatoms. The van der Waals surface area contributed by atoms with Crippen molar-refractivity contribution in [3.8, 4) is 5.75 Å². The van der Waals surface area contributed by atoms with E-state index in [0.717, 1.165) is 25.9 Å². The van der Waals surface area contributed by atoms with E-state index in [2.05, 4.69) is 24.1 Å². The lowest BCUT2D eigenvalue weighted by molar-refractivity contribution is 0.102. The van der Waals surface area contributed by atoms with Crippen molar-refractivity contribution in [2.24, 2.45) is 0 Å². The summed E-state index contributed by atoms with van der Waals surface area (Å²) in [7, 11) is -3.29. The quantitative estimate of drug-likeness (QED) is 0.712. The van der Waals surface area contributed by atoms with Gasteiger partial charge in [-0.2, -0.15) is 0 Å². The molecule has 0 heterocycles. The first-order valence-corrected chi connectivity index (χ1v) is 10.8. The highest BCUT2D eigenvalue weighted by Gasteiger charge is 2.12. The molecule has 0 radical (unpaired) electrons. The van der Waals surface area contributed by atoms with E-state index in [1.54, 1.807) is 6.07 Å². The number of hydrogen-bond acceptors (Lipinski definition) is 5. The fourth-order valence-corrected chi connectivity index (χ4v) is 3.20. The molecule has 0 aliphatic heterocycles. The van der Waals surface area contributed by atoms with Crippen LogP contribution in [0.25, 0.3) is 0 Å². The lowest BCUT2D eigenvalue weighted by Crippen LogP contribution is -2.28. The van der Waals surface area contributed by atoms with Gasteiger partial charge >= 0.3 is 0 Å². The average molecular weight is 391 g/mol. The number of nitrogens with one attached hydrogen (secondary N) is 1. The zero-order chi connectivity index (χ0) is 19.9. The number of ether oxygens (including phenoxy) is 1. The predicted octanol–water partition coefficient (Wildman–Crippen LogP) is 3.06. The normalized spacial score (nSPS) is 11.4. The number of nitrogens with zero attached hydrogens (tertiary/aromatic N) is 1. The van der Waals surface area contributed by atoms with Crippen LogP contribution in [-0.2, 0) is 9.84 Å². The molecule has 0 unspecified atom stereocenters. The van der Waals surface area contributed by atoms with Gasteiger partial charge < -0.3 is 15.0 Å². The molecule has 0 aliphatic rings. The van der Waals surface area contributed by atoms with Crippen molar-refractivity contribution in [3.63, 3.8) is 0 Å². The van der Waals surface area contributed by atoms with Crippen LogP contribution in [0.2, 0.25) is 0 Å². The zero-order valence-electron chi connectivity index (χ0n) is 15.9. The fourth-order valence-electron chi connectivity index (χ4n) is 2.57. The Labute approximate surface area is 161 Å². The van der Waals surface area contributed by atoms with Crippen molar-refractivity contribution in [2.75, 3.05) is 37.8 Å². The molecular formula is C20H26N2O4S. The van der Waals surface area contributed by atoms with Crippen LogP contribution in [-0.4, -0.2) is 51.7 Å². The van der Waals surface area contributed by atoms with Crippen LogP contribution in [0.5, 0.6) is 5.75 Å². The lowest BCUT2D eigenvalue weighted by atomic mass is 10.2. The SMILES string of the molecule is CCN(CC)CCOc1ccccc1NC(=O)c1ccc(S(C)(=O)=O)cc1. The Morgan fingerprint density at radius 2 is 1.67 bits per heavy atom. The second-order valence-electron chi connectivity index (χ2n) is 6.12. The summed E-state index contributed by atoms with van der Waals surface area (Å²) in [6, 6.07) is 13.1. The summed E-state index contributed by atoms with van der Waals surface area (Å²) in [6.45, 7) is 7.46. The number of likely N-dealkylation sites (N-methyl/N-ethyl adjacent to an activating group) is 1. The molecule has 146 valence electrons. The van der Waals surface area contributed by atoms with Crippen LogP contribution in [0.1, 0.15) is 24.2 Å². The zero-order valence-corrected chi connectivity index (χ0v) is 16.8. The molecule has 6 nitrogen and oxygen atoms in total. The molecule has 2 aromatic rings. The summed E-state index contributed by atoms with van der Waals surface area (Å²) in [5, 5.41) is 2.82. The summed E-state index contributed by atoms with van der Waals surface area (Å²) in [5.74, 6) is 0.278. The molecule has 0 atom stereocenters. The van der Waals surface area contributed by atoms with Crippen LogP contribution in [0.3, 0.4) is 0 Å². The highest BCUT2D eigenvalue weighted by atomic mass is 32.2. The molecule has 1 N–H and O–H groups in total. The molecule has 1 amide bonds. The molecule has 0 bridgehead atoms.